The van der Waals surface area contributed by atoms with Crippen LogP contribution in [0.4, 0.5) is 0 Å². The summed E-state index contributed by atoms with van der Waals surface area (Å²) in [6.45, 7) is 0. The number of aromatic hydroxyl groups is 1. The molecule has 0 radical (unpaired) electrons. The topological polar surface area (TPSA) is 108 Å². The minimum Gasteiger partial charge on any atom is -0.506 e. The fourth-order valence-corrected chi connectivity index (χ4v) is 2.81. The van der Waals surface area contributed by atoms with Crippen LogP contribution in [0, 0.1) is 0 Å². The molecular formula is C12H7Cl2N3O4. The molecule has 2 heterocycles. The van der Waals surface area contributed by atoms with Gasteiger partial charge in [-0.3, -0.25) is 19.8 Å². The van der Waals surface area contributed by atoms with Crippen LogP contribution in [0.15, 0.2) is 15.7 Å². The highest BCUT2D eigenvalue weighted by molar-refractivity contribution is 6.41. The Balaban J connectivity index is 2.68. The Morgan fingerprint density at radius 3 is 2.52 bits per heavy atom. The number of hydrogen-bond donors (Lipinski definition) is 3. The van der Waals surface area contributed by atoms with Crippen molar-refractivity contribution >= 4 is 45.0 Å². The average Bonchev–Trinajstić information content (AvgIpc) is 2.42. The minimum atomic E-state index is -0.693. The van der Waals surface area contributed by atoms with Crippen molar-refractivity contribution in [3.8, 4) is 11.5 Å². The quantitative estimate of drug-likeness (QED) is 0.590. The van der Waals surface area contributed by atoms with Gasteiger partial charge in [0, 0.05) is 0 Å². The molecule has 3 N–H and O–H groups in total. The molecule has 2 aromatic heterocycles. The predicted octanol–water partition coefficient (Wildman–Crippen LogP) is 1.79. The summed E-state index contributed by atoms with van der Waals surface area (Å²) in [5.74, 6) is -0.314. The van der Waals surface area contributed by atoms with Crippen molar-refractivity contribution < 1.29 is 9.84 Å². The molecule has 0 aliphatic rings. The molecule has 21 heavy (non-hydrogen) atoms. The monoisotopic (exact) mass is 327 g/mol. The lowest BCUT2D eigenvalue weighted by Gasteiger charge is -2.10. The van der Waals surface area contributed by atoms with Gasteiger partial charge in [-0.15, -0.1) is 0 Å². The molecule has 3 aromatic rings. The lowest BCUT2D eigenvalue weighted by atomic mass is 10.1. The molecule has 1 aromatic carbocycles. The van der Waals surface area contributed by atoms with Crippen molar-refractivity contribution in [2.24, 2.45) is 0 Å². The number of benzene rings is 1. The number of hydrogen-bond acceptors (Lipinski definition) is 5. The van der Waals surface area contributed by atoms with Gasteiger partial charge in [-0.05, 0) is 6.07 Å². The SMILES string of the molecule is COc1c(Cl)cc2nc3c(=O)[nH][nH]c(=O)c3c(O)c2c1Cl. The Morgan fingerprint density at radius 2 is 1.86 bits per heavy atom. The normalized spacial score (nSPS) is 11.2. The van der Waals surface area contributed by atoms with E-state index in [1.165, 1.54) is 13.2 Å². The number of H-pyrrole nitrogens is 2. The van der Waals surface area contributed by atoms with E-state index in [-0.39, 0.29) is 37.6 Å². The Morgan fingerprint density at radius 1 is 1.19 bits per heavy atom. The number of ether oxygens (including phenoxy) is 1. The molecule has 0 fully saturated rings. The number of aromatic nitrogens is 3. The number of nitrogens with zero attached hydrogens (tertiary/aromatic N) is 1. The molecule has 0 saturated carbocycles. The van der Waals surface area contributed by atoms with E-state index in [0.29, 0.717) is 0 Å². The van der Waals surface area contributed by atoms with E-state index in [4.69, 9.17) is 27.9 Å². The van der Waals surface area contributed by atoms with E-state index >= 15 is 0 Å². The van der Waals surface area contributed by atoms with E-state index in [1.807, 2.05) is 0 Å². The average molecular weight is 328 g/mol. The maximum Gasteiger partial charge on any atom is 0.289 e. The first kappa shape index (κ1) is 13.7. The molecule has 0 aliphatic carbocycles. The number of aromatic amines is 2. The van der Waals surface area contributed by atoms with E-state index in [2.05, 4.69) is 15.2 Å². The van der Waals surface area contributed by atoms with Gasteiger partial charge in [-0.2, -0.15) is 0 Å². The minimum absolute atomic E-state index is 0.00609. The van der Waals surface area contributed by atoms with Crippen LogP contribution in [0.1, 0.15) is 0 Å². The molecule has 108 valence electrons. The van der Waals surface area contributed by atoms with Gasteiger partial charge in [0.2, 0.25) is 0 Å². The maximum atomic E-state index is 11.8. The molecule has 0 unspecified atom stereocenters. The number of rotatable bonds is 1. The van der Waals surface area contributed by atoms with Crippen LogP contribution in [0.3, 0.4) is 0 Å². The van der Waals surface area contributed by atoms with Gasteiger partial charge in [-0.25, -0.2) is 4.98 Å². The van der Waals surface area contributed by atoms with E-state index in [0.717, 1.165) is 0 Å². The van der Waals surface area contributed by atoms with Crippen LogP contribution in [-0.2, 0) is 0 Å². The first-order chi connectivity index (χ1) is 9.95. The van der Waals surface area contributed by atoms with E-state index in [9.17, 15) is 14.7 Å². The second-order valence-corrected chi connectivity index (χ2v) is 4.98. The van der Waals surface area contributed by atoms with Gasteiger partial charge in [-0.1, -0.05) is 23.2 Å². The van der Waals surface area contributed by atoms with Gasteiger partial charge in [0.05, 0.1) is 28.1 Å². The highest BCUT2D eigenvalue weighted by Crippen LogP contribution is 2.43. The summed E-state index contributed by atoms with van der Waals surface area (Å²) in [6.07, 6.45) is 0. The third-order valence-electron chi connectivity index (χ3n) is 3.03. The van der Waals surface area contributed by atoms with Gasteiger partial charge in [0.25, 0.3) is 11.1 Å². The summed E-state index contributed by atoms with van der Waals surface area (Å²) in [5, 5.41) is 14.6. The Bertz CT molecular complexity index is 1010. The van der Waals surface area contributed by atoms with Crippen LogP contribution in [0.2, 0.25) is 10.0 Å². The Labute approximate surface area is 126 Å². The van der Waals surface area contributed by atoms with Crippen molar-refractivity contribution in [2.45, 2.75) is 0 Å². The van der Waals surface area contributed by atoms with Crippen molar-refractivity contribution in [3.63, 3.8) is 0 Å². The van der Waals surface area contributed by atoms with Crippen molar-refractivity contribution in [3.05, 3.63) is 36.8 Å². The lowest BCUT2D eigenvalue weighted by Crippen LogP contribution is -2.20. The number of methoxy groups -OCH3 is 1. The zero-order valence-corrected chi connectivity index (χ0v) is 12.0. The summed E-state index contributed by atoms with van der Waals surface area (Å²) >= 11 is 12.1. The maximum absolute atomic E-state index is 11.8. The number of halogens is 2. The van der Waals surface area contributed by atoms with Crippen LogP contribution in [0.25, 0.3) is 21.8 Å². The molecule has 0 amide bonds. The number of pyridine rings is 1. The fraction of sp³-hybridized carbons (Fsp3) is 0.0833. The smallest absolute Gasteiger partial charge is 0.289 e. The Hall–Kier alpha value is -2.25. The van der Waals surface area contributed by atoms with Gasteiger partial charge in [0.1, 0.15) is 16.7 Å². The molecular weight excluding hydrogens is 321 g/mol. The molecule has 9 heteroatoms. The fourth-order valence-electron chi connectivity index (χ4n) is 2.12. The highest BCUT2D eigenvalue weighted by Gasteiger charge is 2.20. The first-order valence-electron chi connectivity index (χ1n) is 5.65. The molecule has 7 nitrogen and oxygen atoms in total. The largest absolute Gasteiger partial charge is 0.506 e. The number of nitrogens with one attached hydrogen (secondary N) is 2. The second kappa shape index (κ2) is 4.64. The zero-order valence-electron chi connectivity index (χ0n) is 10.5. The zero-order chi connectivity index (χ0) is 15.3. The van der Waals surface area contributed by atoms with Gasteiger partial charge >= 0.3 is 0 Å². The molecule has 0 spiro atoms. The molecule has 3 rings (SSSR count). The van der Waals surface area contributed by atoms with Gasteiger partial charge in [0.15, 0.2) is 5.75 Å². The lowest BCUT2D eigenvalue weighted by molar-refractivity contribution is 0.415. The summed E-state index contributed by atoms with van der Waals surface area (Å²) in [6, 6.07) is 1.39. The summed E-state index contributed by atoms with van der Waals surface area (Å²) in [7, 11) is 1.36. The first-order valence-corrected chi connectivity index (χ1v) is 6.40. The molecule has 0 aliphatic heterocycles. The van der Waals surface area contributed by atoms with Crippen LogP contribution in [0.5, 0.6) is 11.5 Å². The summed E-state index contributed by atoms with van der Waals surface area (Å²) in [4.78, 5) is 27.6. The van der Waals surface area contributed by atoms with Crippen molar-refractivity contribution in [1.29, 1.82) is 0 Å². The highest BCUT2D eigenvalue weighted by atomic mass is 35.5. The van der Waals surface area contributed by atoms with E-state index in [1.54, 1.807) is 0 Å². The van der Waals surface area contributed by atoms with Crippen molar-refractivity contribution in [1.82, 2.24) is 15.2 Å². The van der Waals surface area contributed by atoms with Crippen LogP contribution < -0.4 is 15.9 Å². The van der Waals surface area contributed by atoms with Gasteiger partial charge < -0.3 is 9.84 Å². The van der Waals surface area contributed by atoms with Crippen LogP contribution >= 0.6 is 23.2 Å². The third kappa shape index (κ3) is 1.85. The Kier molecular flexibility index (Phi) is 3.03. The van der Waals surface area contributed by atoms with Crippen molar-refractivity contribution in [2.75, 3.05) is 7.11 Å². The predicted molar refractivity (Wildman–Crippen MR) is 78.7 cm³/mol. The van der Waals surface area contributed by atoms with E-state index < -0.39 is 16.9 Å². The van der Waals surface area contributed by atoms with Crippen LogP contribution in [-0.4, -0.2) is 27.4 Å². The number of fused-ring (bicyclic) bond motifs is 2. The summed E-state index contributed by atoms with van der Waals surface area (Å²) in [5.41, 5.74) is -1.38. The molecule has 0 saturated heterocycles. The second-order valence-electron chi connectivity index (χ2n) is 4.19. The summed E-state index contributed by atoms with van der Waals surface area (Å²) < 4.78 is 5.05. The molecule has 0 bridgehead atoms. The third-order valence-corrected chi connectivity index (χ3v) is 3.68. The molecule has 0 atom stereocenters. The standard InChI is InChI=1S/C12H7Cl2N3O4/c1-21-10-3(13)2-4-5(7(10)14)9(18)6-8(15-4)12(20)17-16-11(6)19/h2H,1H3,(H,15,18)(H,16,19)(H,17,20).